The normalized spacial score (nSPS) is 11.8. The fraction of sp³-hybridized carbons (Fsp3) is 0.154. The lowest BCUT2D eigenvalue weighted by Crippen LogP contribution is -2.43. The number of carboxylic acid groups (broad SMARTS) is 1. The molecule has 4 N–H and O–H groups in total. The van der Waals surface area contributed by atoms with Gasteiger partial charge in [0, 0.05) is 12.4 Å². The summed E-state index contributed by atoms with van der Waals surface area (Å²) < 4.78 is 0. The fourth-order valence-electron chi connectivity index (χ4n) is 1.81. The van der Waals surface area contributed by atoms with Crippen LogP contribution in [0.25, 0.3) is 11.0 Å². The van der Waals surface area contributed by atoms with Crippen molar-refractivity contribution < 1.29 is 19.5 Å². The molecular formula is C13H12N4O4. The Kier molecular flexibility index (Phi) is 4.07. The molecule has 1 aromatic heterocycles. The molecule has 0 bridgehead atoms. The van der Waals surface area contributed by atoms with Gasteiger partial charge in [0.25, 0.3) is 5.91 Å². The van der Waals surface area contributed by atoms with E-state index in [2.05, 4.69) is 15.3 Å². The van der Waals surface area contributed by atoms with Gasteiger partial charge in [-0.05, 0) is 12.1 Å². The number of amides is 2. The van der Waals surface area contributed by atoms with Crippen LogP contribution in [0.4, 0.5) is 0 Å². The quantitative estimate of drug-likeness (QED) is 0.690. The number of aliphatic carboxylic acids is 1. The molecule has 1 atom stereocenters. The Hall–Kier alpha value is -3.03. The number of nitrogens with two attached hydrogens (primary N) is 1. The number of para-hydroxylation sites is 1. The van der Waals surface area contributed by atoms with E-state index in [1.165, 1.54) is 18.5 Å². The predicted molar refractivity (Wildman–Crippen MR) is 72.2 cm³/mol. The lowest BCUT2D eigenvalue weighted by atomic mass is 10.1. The minimum Gasteiger partial charge on any atom is -0.480 e. The van der Waals surface area contributed by atoms with E-state index in [-0.39, 0.29) is 5.56 Å². The smallest absolute Gasteiger partial charge is 0.326 e. The van der Waals surface area contributed by atoms with Gasteiger partial charge < -0.3 is 16.2 Å². The van der Waals surface area contributed by atoms with Crippen LogP contribution in [0.1, 0.15) is 16.8 Å². The lowest BCUT2D eigenvalue weighted by Gasteiger charge is -2.13. The zero-order valence-corrected chi connectivity index (χ0v) is 10.8. The highest BCUT2D eigenvalue weighted by Crippen LogP contribution is 2.14. The molecule has 108 valence electrons. The predicted octanol–water partition coefficient (Wildman–Crippen LogP) is -0.312. The molecule has 2 amide bonds. The number of hydrogen-bond acceptors (Lipinski definition) is 5. The molecule has 8 heteroatoms. The van der Waals surface area contributed by atoms with E-state index in [1.54, 1.807) is 12.1 Å². The van der Waals surface area contributed by atoms with Crippen LogP contribution >= 0.6 is 0 Å². The van der Waals surface area contributed by atoms with Crippen LogP contribution in [0.2, 0.25) is 0 Å². The number of fused-ring (bicyclic) bond motifs is 1. The van der Waals surface area contributed by atoms with Gasteiger partial charge in [0.05, 0.1) is 17.5 Å². The number of benzene rings is 1. The molecule has 0 unspecified atom stereocenters. The van der Waals surface area contributed by atoms with Gasteiger partial charge in [-0.15, -0.1) is 0 Å². The highest BCUT2D eigenvalue weighted by Gasteiger charge is 2.23. The van der Waals surface area contributed by atoms with E-state index in [9.17, 15) is 14.4 Å². The van der Waals surface area contributed by atoms with Crippen molar-refractivity contribution in [1.29, 1.82) is 0 Å². The SMILES string of the molecule is NC(=O)C[C@H](NC(=O)c1cccc2nccnc12)C(=O)O. The summed E-state index contributed by atoms with van der Waals surface area (Å²) in [4.78, 5) is 42.1. The average Bonchev–Trinajstić information content (AvgIpc) is 2.45. The van der Waals surface area contributed by atoms with E-state index in [0.717, 1.165) is 0 Å². The topological polar surface area (TPSA) is 135 Å². The summed E-state index contributed by atoms with van der Waals surface area (Å²) in [6.07, 6.45) is 2.42. The number of aromatic nitrogens is 2. The molecule has 1 heterocycles. The van der Waals surface area contributed by atoms with Crippen molar-refractivity contribution in [3.05, 3.63) is 36.2 Å². The maximum Gasteiger partial charge on any atom is 0.326 e. The number of carbonyl (C=O) groups excluding carboxylic acids is 2. The first kappa shape index (κ1) is 14.4. The zero-order valence-electron chi connectivity index (χ0n) is 10.8. The Labute approximate surface area is 119 Å². The first-order valence-corrected chi connectivity index (χ1v) is 6.00. The maximum atomic E-state index is 12.2. The summed E-state index contributed by atoms with van der Waals surface area (Å²) in [5.41, 5.74) is 5.99. The summed E-state index contributed by atoms with van der Waals surface area (Å²) in [7, 11) is 0. The number of carboxylic acids is 1. The van der Waals surface area contributed by atoms with Crippen molar-refractivity contribution in [3.63, 3.8) is 0 Å². The van der Waals surface area contributed by atoms with Crippen LogP contribution < -0.4 is 11.1 Å². The molecule has 0 aliphatic rings. The first-order chi connectivity index (χ1) is 9.99. The Morgan fingerprint density at radius 3 is 2.62 bits per heavy atom. The monoisotopic (exact) mass is 288 g/mol. The van der Waals surface area contributed by atoms with Crippen LogP contribution in [-0.4, -0.2) is 38.9 Å². The van der Waals surface area contributed by atoms with E-state index >= 15 is 0 Å². The second-order valence-electron chi connectivity index (χ2n) is 4.26. The minimum absolute atomic E-state index is 0.177. The average molecular weight is 288 g/mol. The molecule has 0 radical (unpaired) electrons. The van der Waals surface area contributed by atoms with Crippen LogP contribution in [0.15, 0.2) is 30.6 Å². The molecule has 0 spiro atoms. The highest BCUT2D eigenvalue weighted by molar-refractivity contribution is 6.06. The van der Waals surface area contributed by atoms with Gasteiger partial charge in [-0.2, -0.15) is 0 Å². The number of rotatable bonds is 5. The Morgan fingerprint density at radius 2 is 1.95 bits per heavy atom. The third-order valence-electron chi connectivity index (χ3n) is 2.75. The van der Waals surface area contributed by atoms with Gasteiger partial charge in [-0.25, -0.2) is 4.79 Å². The second-order valence-corrected chi connectivity index (χ2v) is 4.26. The molecule has 0 fully saturated rings. The summed E-state index contributed by atoms with van der Waals surface area (Å²) in [5, 5.41) is 11.2. The molecule has 0 saturated carbocycles. The number of nitrogens with zero attached hydrogens (tertiary/aromatic N) is 2. The van der Waals surface area contributed by atoms with Gasteiger partial charge in [-0.1, -0.05) is 6.07 Å². The van der Waals surface area contributed by atoms with Crippen LogP contribution in [0, 0.1) is 0 Å². The maximum absolute atomic E-state index is 12.2. The number of primary amides is 1. The van der Waals surface area contributed by atoms with Crippen LogP contribution in [0.5, 0.6) is 0 Å². The van der Waals surface area contributed by atoms with Gasteiger partial charge in [-0.3, -0.25) is 19.6 Å². The first-order valence-electron chi connectivity index (χ1n) is 6.00. The van der Waals surface area contributed by atoms with Crippen molar-refractivity contribution in [3.8, 4) is 0 Å². The Bertz CT molecular complexity index is 711. The van der Waals surface area contributed by atoms with Crippen molar-refractivity contribution >= 4 is 28.8 Å². The van der Waals surface area contributed by atoms with E-state index < -0.39 is 30.2 Å². The molecule has 1 aromatic carbocycles. The van der Waals surface area contributed by atoms with Gasteiger partial charge >= 0.3 is 5.97 Å². The summed E-state index contributed by atoms with van der Waals surface area (Å²) in [6, 6.07) is 3.39. The van der Waals surface area contributed by atoms with E-state index in [4.69, 9.17) is 10.8 Å². The lowest BCUT2D eigenvalue weighted by molar-refractivity contribution is -0.140. The van der Waals surface area contributed by atoms with Crippen molar-refractivity contribution in [2.45, 2.75) is 12.5 Å². The second kappa shape index (κ2) is 5.95. The van der Waals surface area contributed by atoms with Gasteiger partial charge in [0.2, 0.25) is 5.91 Å². The standard InChI is InChI=1S/C13H12N4O4/c14-10(18)6-9(13(20)21)17-12(19)7-2-1-3-8-11(7)16-5-4-15-8/h1-5,9H,6H2,(H2,14,18)(H,17,19)(H,20,21)/t9-/m0/s1. The van der Waals surface area contributed by atoms with Crippen molar-refractivity contribution in [1.82, 2.24) is 15.3 Å². The Balaban J connectivity index is 2.29. The molecule has 8 nitrogen and oxygen atoms in total. The molecular weight excluding hydrogens is 276 g/mol. The molecule has 0 aliphatic heterocycles. The van der Waals surface area contributed by atoms with Crippen LogP contribution in [-0.2, 0) is 9.59 Å². The molecule has 21 heavy (non-hydrogen) atoms. The minimum atomic E-state index is -1.39. The van der Waals surface area contributed by atoms with Gasteiger partial charge in [0.1, 0.15) is 11.6 Å². The zero-order chi connectivity index (χ0) is 15.4. The third-order valence-corrected chi connectivity index (χ3v) is 2.75. The van der Waals surface area contributed by atoms with Crippen molar-refractivity contribution in [2.24, 2.45) is 5.73 Å². The van der Waals surface area contributed by atoms with Crippen molar-refractivity contribution in [2.75, 3.05) is 0 Å². The van der Waals surface area contributed by atoms with Gasteiger partial charge in [0.15, 0.2) is 0 Å². The number of hydrogen-bond donors (Lipinski definition) is 3. The molecule has 2 rings (SSSR count). The largest absolute Gasteiger partial charge is 0.480 e. The summed E-state index contributed by atoms with van der Waals surface area (Å²) in [5.74, 6) is -2.82. The number of nitrogens with one attached hydrogen (secondary N) is 1. The van der Waals surface area contributed by atoms with E-state index in [1.807, 2.05) is 0 Å². The molecule has 2 aromatic rings. The highest BCUT2D eigenvalue weighted by atomic mass is 16.4. The summed E-state index contributed by atoms with van der Waals surface area (Å²) in [6.45, 7) is 0. The Morgan fingerprint density at radius 1 is 1.24 bits per heavy atom. The third kappa shape index (κ3) is 3.30. The van der Waals surface area contributed by atoms with Crippen LogP contribution in [0.3, 0.4) is 0 Å². The molecule has 0 aliphatic carbocycles. The number of carbonyl (C=O) groups is 3. The summed E-state index contributed by atoms with van der Waals surface area (Å²) >= 11 is 0. The fourth-order valence-corrected chi connectivity index (χ4v) is 1.81. The van der Waals surface area contributed by atoms with E-state index in [0.29, 0.717) is 11.0 Å². The molecule has 0 saturated heterocycles.